The van der Waals surface area contributed by atoms with Gasteiger partial charge in [0.25, 0.3) is 0 Å². The van der Waals surface area contributed by atoms with Crippen molar-refractivity contribution in [1.82, 2.24) is 0 Å². The summed E-state index contributed by atoms with van der Waals surface area (Å²) >= 11 is 0. The van der Waals surface area contributed by atoms with E-state index in [1.165, 1.54) is 19.3 Å². The van der Waals surface area contributed by atoms with E-state index in [9.17, 15) is 14.0 Å². The molecule has 0 aliphatic heterocycles. The average Bonchev–Trinajstić information content (AvgIpc) is 2.50. The highest BCUT2D eigenvalue weighted by molar-refractivity contribution is 7.60. The molecule has 28 heavy (non-hydrogen) atoms. The van der Waals surface area contributed by atoms with Crippen LogP contribution >= 0.6 is 15.6 Å². The lowest BCUT2D eigenvalue weighted by Crippen LogP contribution is -2.36. The van der Waals surface area contributed by atoms with Gasteiger partial charge in [-0.25, -0.2) is 9.13 Å². The van der Waals surface area contributed by atoms with Crippen LogP contribution in [0.25, 0.3) is 0 Å². The topological polar surface area (TPSA) is 113 Å². The standard InChI is InChI=1S/C19H34O7P2/c1-14(11-13-25-28(23,24)26-27(20,21)22)7-9-16-15(2)8-10-18-17(16)6-5-12-19(18,3)4/h10-11,15-17H,5-9,12-13H2,1-4H3,(H,23,24)(H2,20,21,22)/b14-11+/t15-,16-,17+/m0/s1. The predicted octanol–water partition coefficient (Wildman–Crippen LogP) is 5.35. The molecule has 2 rings (SSSR count). The molecule has 0 bridgehead atoms. The lowest BCUT2D eigenvalue weighted by atomic mass is 9.58. The minimum atomic E-state index is -5.08. The Balaban J connectivity index is 1.90. The predicted molar refractivity (Wildman–Crippen MR) is 108 cm³/mol. The van der Waals surface area contributed by atoms with Gasteiger partial charge in [-0.1, -0.05) is 50.5 Å². The Morgan fingerprint density at radius 2 is 2.00 bits per heavy atom. The van der Waals surface area contributed by atoms with Crippen molar-refractivity contribution in [3.8, 4) is 0 Å². The number of rotatable bonds is 8. The summed E-state index contributed by atoms with van der Waals surface area (Å²) in [5.41, 5.74) is 2.94. The van der Waals surface area contributed by atoms with Crippen molar-refractivity contribution in [2.45, 2.75) is 66.2 Å². The minimum absolute atomic E-state index is 0.235. The second-order valence-electron chi connectivity index (χ2n) is 8.84. The number of hydrogen-bond donors (Lipinski definition) is 3. The maximum atomic E-state index is 11.5. The van der Waals surface area contributed by atoms with Crippen LogP contribution in [0.3, 0.4) is 0 Å². The van der Waals surface area contributed by atoms with Gasteiger partial charge in [-0.3, -0.25) is 4.52 Å². The highest BCUT2D eigenvalue weighted by Gasteiger charge is 2.40. The van der Waals surface area contributed by atoms with Crippen LogP contribution in [-0.4, -0.2) is 21.3 Å². The third kappa shape index (κ3) is 6.91. The Morgan fingerprint density at radius 3 is 2.64 bits per heavy atom. The molecule has 3 N–H and O–H groups in total. The Hall–Kier alpha value is -0.260. The van der Waals surface area contributed by atoms with E-state index in [0.717, 1.165) is 24.8 Å². The summed E-state index contributed by atoms with van der Waals surface area (Å²) in [6.07, 6.45) is 11.0. The van der Waals surface area contributed by atoms with Crippen LogP contribution in [0.4, 0.5) is 0 Å². The van der Waals surface area contributed by atoms with Gasteiger partial charge < -0.3 is 14.7 Å². The van der Waals surface area contributed by atoms with Crippen molar-refractivity contribution in [3.05, 3.63) is 23.3 Å². The van der Waals surface area contributed by atoms with Crippen LogP contribution in [0.5, 0.6) is 0 Å². The molecule has 0 radical (unpaired) electrons. The third-order valence-electron chi connectivity index (χ3n) is 6.21. The van der Waals surface area contributed by atoms with Gasteiger partial charge in [0, 0.05) is 0 Å². The molecule has 0 heterocycles. The zero-order valence-corrected chi connectivity index (χ0v) is 19.0. The monoisotopic (exact) mass is 436 g/mol. The summed E-state index contributed by atoms with van der Waals surface area (Å²) in [4.78, 5) is 26.5. The van der Waals surface area contributed by atoms with Gasteiger partial charge in [0.1, 0.15) is 0 Å². The van der Waals surface area contributed by atoms with E-state index in [4.69, 9.17) is 9.79 Å². The van der Waals surface area contributed by atoms with Crippen molar-refractivity contribution in [2.75, 3.05) is 6.61 Å². The van der Waals surface area contributed by atoms with Crippen LogP contribution in [0.1, 0.15) is 66.2 Å². The van der Waals surface area contributed by atoms with E-state index in [0.29, 0.717) is 23.2 Å². The second kappa shape index (κ2) is 9.26. The van der Waals surface area contributed by atoms with E-state index in [-0.39, 0.29) is 6.61 Å². The number of hydrogen-bond acceptors (Lipinski definition) is 4. The molecule has 2 aliphatic carbocycles. The molecule has 0 saturated heterocycles. The normalized spacial score (nSPS) is 30.3. The lowest BCUT2D eigenvalue weighted by molar-refractivity contribution is 0.155. The van der Waals surface area contributed by atoms with Gasteiger partial charge in [-0.2, -0.15) is 4.31 Å². The largest absolute Gasteiger partial charge is 0.481 e. The molecule has 7 nitrogen and oxygen atoms in total. The first-order valence-corrected chi connectivity index (χ1v) is 12.9. The molecular formula is C19H34O7P2. The number of allylic oxidation sites excluding steroid dienone is 3. The summed E-state index contributed by atoms with van der Waals surface area (Å²) in [7, 11) is -9.85. The zero-order chi connectivity index (χ0) is 21.2. The van der Waals surface area contributed by atoms with Gasteiger partial charge >= 0.3 is 15.6 Å². The first kappa shape index (κ1) is 24.0. The molecule has 2 aliphatic rings. The molecule has 0 amide bonds. The first-order chi connectivity index (χ1) is 12.8. The van der Waals surface area contributed by atoms with E-state index in [2.05, 4.69) is 35.7 Å². The summed E-state index contributed by atoms with van der Waals surface area (Å²) in [6, 6.07) is 0. The van der Waals surface area contributed by atoms with Crippen molar-refractivity contribution in [1.29, 1.82) is 0 Å². The fourth-order valence-electron chi connectivity index (χ4n) is 4.74. The summed E-state index contributed by atoms with van der Waals surface area (Å²) < 4.78 is 30.5. The number of fused-ring (bicyclic) bond motifs is 1. The molecule has 162 valence electrons. The van der Waals surface area contributed by atoms with Crippen LogP contribution in [-0.2, 0) is 18.0 Å². The van der Waals surface area contributed by atoms with Crippen molar-refractivity contribution >= 4 is 15.6 Å². The summed E-state index contributed by atoms with van der Waals surface area (Å²) in [5.74, 6) is 1.91. The van der Waals surface area contributed by atoms with Crippen LogP contribution in [0, 0.1) is 23.2 Å². The maximum Gasteiger partial charge on any atom is 0.481 e. The molecule has 9 heteroatoms. The van der Waals surface area contributed by atoms with Crippen molar-refractivity contribution in [2.24, 2.45) is 23.2 Å². The lowest BCUT2D eigenvalue weighted by Gasteiger charge is -2.47. The molecule has 1 unspecified atom stereocenters. The molecule has 0 spiro atoms. The van der Waals surface area contributed by atoms with Gasteiger partial charge in [0.2, 0.25) is 0 Å². The molecule has 0 aromatic heterocycles. The highest BCUT2D eigenvalue weighted by atomic mass is 31.3. The minimum Gasteiger partial charge on any atom is -0.302 e. The SMILES string of the molecule is C/C(=C\COP(=O)(O)OP(=O)(O)O)CC[C@H]1[C@@H](C)CC=C2[C@@H]1CCCC2(C)C. The van der Waals surface area contributed by atoms with Crippen LogP contribution in [0.2, 0.25) is 0 Å². The van der Waals surface area contributed by atoms with Gasteiger partial charge in [0.05, 0.1) is 6.61 Å². The van der Waals surface area contributed by atoms with Gasteiger partial charge in [-0.15, -0.1) is 0 Å². The zero-order valence-electron chi connectivity index (χ0n) is 17.2. The van der Waals surface area contributed by atoms with E-state index in [1.807, 2.05) is 6.92 Å². The molecule has 1 fully saturated rings. The summed E-state index contributed by atoms with van der Waals surface area (Å²) in [6.45, 7) is 8.73. The van der Waals surface area contributed by atoms with E-state index in [1.54, 1.807) is 11.6 Å². The number of phosphoric ester groups is 1. The Labute approximate surface area is 168 Å². The average molecular weight is 436 g/mol. The van der Waals surface area contributed by atoms with Crippen molar-refractivity contribution in [3.63, 3.8) is 0 Å². The second-order valence-corrected chi connectivity index (χ2v) is 11.7. The Bertz CT molecular complexity index is 707. The van der Waals surface area contributed by atoms with E-state index >= 15 is 0 Å². The van der Waals surface area contributed by atoms with Gasteiger partial charge in [-0.05, 0) is 62.2 Å². The third-order valence-corrected chi connectivity index (χ3v) is 8.36. The van der Waals surface area contributed by atoms with Crippen molar-refractivity contribution < 1.29 is 32.6 Å². The molecule has 1 saturated carbocycles. The van der Waals surface area contributed by atoms with Gasteiger partial charge in [0.15, 0.2) is 0 Å². The Morgan fingerprint density at radius 1 is 1.32 bits per heavy atom. The fraction of sp³-hybridized carbons (Fsp3) is 0.789. The quantitative estimate of drug-likeness (QED) is 0.347. The Kier molecular flexibility index (Phi) is 7.94. The molecule has 0 aromatic carbocycles. The fourth-order valence-corrected chi connectivity index (χ4v) is 6.26. The molecular weight excluding hydrogens is 402 g/mol. The maximum absolute atomic E-state index is 11.5. The van der Waals surface area contributed by atoms with Crippen LogP contribution < -0.4 is 0 Å². The first-order valence-electron chi connectivity index (χ1n) is 9.91. The highest BCUT2D eigenvalue weighted by Crippen LogP contribution is 2.57. The summed E-state index contributed by atoms with van der Waals surface area (Å²) in [5, 5.41) is 0. The van der Waals surface area contributed by atoms with Crippen LogP contribution in [0.15, 0.2) is 23.3 Å². The number of phosphoric acid groups is 2. The smallest absolute Gasteiger partial charge is 0.302 e. The molecule has 0 aromatic rings. The van der Waals surface area contributed by atoms with E-state index < -0.39 is 15.6 Å². The molecule has 4 atom stereocenters.